The molecule has 114 valence electrons. The van der Waals surface area contributed by atoms with Gasteiger partial charge < -0.3 is 14.8 Å². The minimum atomic E-state index is 0.280. The lowest BCUT2D eigenvalue weighted by atomic mass is 9.96. The van der Waals surface area contributed by atoms with Gasteiger partial charge in [0.1, 0.15) is 0 Å². The average Bonchev–Trinajstić information content (AvgIpc) is 2.42. The molecule has 0 aliphatic heterocycles. The maximum absolute atomic E-state index is 5.95. The third kappa shape index (κ3) is 7.25. The van der Waals surface area contributed by atoms with Gasteiger partial charge in [-0.15, -0.1) is 0 Å². The molecule has 20 heavy (non-hydrogen) atoms. The largest absolute Gasteiger partial charge is 0.383 e. The van der Waals surface area contributed by atoms with Crippen molar-refractivity contribution in [1.29, 1.82) is 0 Å². The molecule has 1 aromatic carbocycles. The number of hydrogen-bond acceptors (Lipinski definition) is 3. The van der Waals surface area contributed by atoms with Crippen molar-refractivity contribution in [3.63, 3.8) is 0 Å². The Bertz CT molecular complexity index is 354. The number of ether oxygens (including phenoxy) is 2. The van der Waals surface area contributed by atoms with Crippen LogP contribution in [-0.4, -0.2) is 39.5 Å². The molecule has 1 atom stereocenters. The van der Waals surface area contributed by atoms with Gasteiger partial charge in [-0.2, -0.15) is 0 Å². The molecule has 0 amide bonds. The molecule has 0 radical (unpaired) electrons. The first-order valence-corrected chi connectivity index (χ1v) is 7.58. The van der Waals surface area contributed by atoms with Crippen molar-refractivity contribution in [2.24, 2.45) is 0 Å². The fourth-order valence-corrected chi connectivity index (χ4v) is 2.14. The Balaban J connectivity index is 2.51. The highest BCUT2D eigenvalue weighted by molar-refractivity contribution is 6.30. The van der Waals surface area contributed by atoms with E-state index in [-0.39, 0.29) is 6.10 Å². The standard InChI is InChI=1S/C16H26ClNO2/c1-13(2)20-10-8-15(12-18-9-11-19-3)14-4-6-16(17)7-5-14/h4-7,13,15,18H,8-12H2,1-3H3. The number of rotatable bonds is 10. The quantitative estimate of drug-likeness (QED) is 0.671. The Labute approximate surface area is 127 Å². The van der Waals surface area contributed by atoms with Crippen LogP contribution in [0.5, 0.6) is 0 Å². The molecule has 0 aromatic heterocycles. The first kappa shape index (κ1) is 17.4. The fraction of sp³-hybridized carbons (Fsp3) is 0.625. The molecule has 0 heterocycles. The summed E-state index contributed by atoms with van der Waals surface area (Å²) >= 11 is 5.95. The molecule has 0 aliphatic carbocycles. The van der Waals surface area contributed by atoms with Crippen molar-refractivity contribution in [2.75, 3.05) is 33.4 Å². The van der Waals surface area contributed by atoms with Gasteiger partial charge in [-0.1, -0.05) is 23.7 Å². The smallest absolute Gasteiger partial charge is 0.0587 e. The molecule has 0 saturated carbocycles. The van der Waals surface area contributed by atoms with Gasteiger partial charge in [0.2, 0.25) is 0 Å². The Hall–Kier alpha value is -0.610. The zero-order valence-corrected chi connectivity index (χ0v) is 13.5. The molecule has 0 fully saturated rings. The van der Waals surface area contributed by atoms with Gasteiger partial charge in [0, 0.05) is 31.8 Å². The highest BCUT2D eigenvalue weighted by Crippen LogP contribution is 2.21. The minimum Gasteiger partial charge on any atom is -0.383 e. The van der Waals surface area contributed by atoms with Gasteiger partial charge in [-0.05, 0) is 43.9 Å². The van der Waals surface area contributed by atoms with E-state index in [1.165, 1.54) is 5.56 Å². The predicted octanol–water partition coefficient (Wildman–Crippen LogP) is 3.47. The van der Waals surface area contributed by atoms with Gasteiger partial charge >= 0.3 is 0 Å². The van der Waals surface area contributed by atoms with Crippen LogP contribution in [0.2, 0.25) is 5.02 Å². The summed E-state index contributed by atoms with van der Waals surface area (Å²) < 4.78 is 10.7. The van der Waals surface area contributed by atoms with E-state index < -0.39 is 0 Å². The summed E-state index contributed by atoms with van der Waals surface area (Å²) in [6, 6.07) is 8.09. The second-order valence-corrected chi connectivity index (χ2v) is 5.59. The van der Waals surface area contributed by atoms with Crippen molar-refractivity contribution in [2.45, 2.75) is 32.3 Å². The van der Waals surface area contributed by atoms with E-state index in [1.807, 2.05) is 12.1 Å². The molecule has 0 saturated heterocycles. The maximum Gasteiger partial charge on any atom is 0.0587 e. The number of hydrogen-bond donors (Lipinski definition) is 1. The third-order valence-electron chi connectivity index (χ3n) is 3.13. The number of halogens is 1. The van der Waals surface area contributed by atoms with Crippen LogP contribution in [-0.2, 0) is 9.47 Å². The van der Waals surface area contributed by atoms with E-state index in [4.69, 9.17) is 21.1 Å². The first-order chi connectivity index (χ1) is 9.63. The summed E-state index contributed by atoms with van der Waals surface area (Å²) in [4.78, 5) is 0. The molecular formula is C16H26ClNO2. The predicted molar refractivity (Wildman–Crippen MR) is 84.6 cm³/mol. The normalized spacial score (nSPS) is 12.8. The van der Waals surface area contributed by atoms with E-state index in [9.17, 15) is 0 Å². The third-order valence-corrected chi connectivity index (χ3v) is 3.38. The molecule has 3 nitrogen and oxygen atoms in total. The summed E-state index contributed by atoms with van der Waals surface area (Å²) in [6.07, 6.45) is 1.28. The van der Waals surface area contributed by atoms with Crippen LogP contribution in [0, 0.1) is 0 Å². The van der Waals surface area contributed by atoms with E-state index in [0.29, 0.717) is 5.92 Å². The highest BCUT2D eigenvalue weighted by atomic mass is 35.5. The van der Waals surface area contributed by atoms with Crippen LogP contribution in [0.25, 0.3) is 0 Å². The zero-order chi connectivity index (χ0) is 14.8. The van der Waals surface area contributed by atoms with Crippen LogP contribution in [0.4, 0.5) is 0 Å². The fourth-order valence-electron chi connectivity index (χ4n) is 2.02. The van der Waals surface area contributed by atoms with Gasteiger partial charge in [0.15, 0.2) is 0 Å². The molecule has 1 aromatic rings. The van der Waals surface area contributed by atoms with Gasteiger partial charge in [0.25, 0.3) is 0 Å². The van der Waals surface area contributed by atoms with Crippen molar-refractivity contribution < 1.29 is 9.47 Å². The second-order valence-electron chi connectivity index (χ2n) is 5.15. The highest BCUT2D eigenvalue weighted by Gasteiger charge is 2.11. The van der Waals surface area contributed by atoms with Gasteiger partial charge in [0.05, 0.1) is 12.7 Å². The second kappa shape index (κ2) is 10.2. The summed E-state index contributed by atoms with van der Waals surface area (Å²) in [7, 11) is 1.72. The molecular weight excluding hydrogens is 274 g/mol. The Morgan fingerprint density at radius 1 is 1.15 bits per heavy atom. The lowest BCUT2D eigenvalue weighted by Gasteiger charge is -2.19. The average molecular weight is 300 g/mol. The van der Waals surface area contributed by atoms with E-state index in [0.717, 1.165) is 37.7 Å². The lowest BCUT2D eigenvalue weighted by Crippen LogP contribution is -2.26. The van der Waals surface area contributed by atoms with Gasteiger partial charge in [-0.25, -0.2) is 0 Å². The number of nitrogens with one attached hydrogen (secondary N) is 1. The molecule has 0 spiro atoms. The Morgan fingerprint density at radius 2 is 1.85 bits per heavy atom. The SMILES string of the molecule is COCCNCC(CCOC(C)C)c1ccc(Cl)cc1. The van der Waals surface area contributed by atoms with Crippen molar-refractivity contribution in [1.82, 2.24) is 5.32 Å². The molecule has 1 N–H and O–H groups in total. The van der Waals surface area contributed by atoms with Crippen molar-refractivity contribution >= 4 is 11.6 Å². The molecule has 0 aliphatic rings. The number of benzene rings is 1. The summed E-state index contributed by atoms with van der Waals surface area (Å²) in [5, 5.41) is 4.20. The maximum atomic E-state index is 5.95. The van der Waals surface area contributed by atoms with Crippen LogP contribution in [0.15, 0.2) is 24.3 Å². The lowest BCUT2D eigenvalue weighted by molar-refractivity contribution is 0.0731. The zero-order valence-electron chi connectivity index (χ0n) is 12.7. The molecule has 0 bridgehead atoms. The monoisotopic (exact) mass is 299 g/mol. The Morgan fingerprint density at radius 3 is 2.45 bits per heavy atom. The van der Waals surface area contributed by atoms with Crippen molar-refractivity contribution in [3.8, 4) is 0 Å². The van der Waals surface area contributed by atoms with Crippen LogP contribution >= 0.6 is 11.6 Å². The first-order valence-electron chi connectivity index (χ1n) is 7.20. The van der Waals surface area contributed by atoms with Crippen LogP contribution < -0.4 is 5.32 Å². The summed E-state index contributed by atoms with van der Waals surface area (Å²) in [5.74, 6) is 0.433. The van der Waals surface area contributed by atoms with E-state index in [1.54, 1.807) is 7.11 Å². The molecule has 1 rings (SSSR count). The Kier molecular flexibility index (Phi) is 8.86. The van der Waals surface area contributed by atoms with Crippen LogP contribution in [0.1, 0.15) is 31.7 Å². The van der Waals surface area contributed by atoms with E-state index >= 15 is 0 Å². The van der Waals surface area contributed by atoms with E-state index in [2.05, 4.69) is 31.3 Å². The van der Waals surface area contributed by atoms with Crippen molar-refractivity contribution in [3.05, 3.63) is 34.9 Å². The topological polar surface area (TPSA) is 30.5 Å². The van der Waals surface area contributed by atoms with Crippen LogP contribution in [0.3, 0.4) is 0 Å². The summed E-state index contributed by atoms with van der Waals surface area (Å²) in [6.45, 7) is 7.42. The minimum absolute atomic E-state index is 0.280. The number of methoxy groups -OCH3 is 1. The van der Waals surface area contributed by atoms with Gasteiger partial charge in [-0.3, -0.25) is 0 Å². The summed E-state index contributed by atoms with van der Waals surface area (Å²) in [5.41, 5.74) is 1.30. The molecule has 4 heteroatoms. The molecule has 1 unspecified atom stereocenters.